The molecule has 0 saturated carbocycles. The number of hydrogen-bond donors (Lipinski definition) is 0. The lowest BCUT2D eigenvalue weighted by Crippen LogP contribution is -2.37. The highest BCUT2D eigenvalue weighted by Crippen LogP contribution is 2.24. The van der Waals surface area contributed by atoms with Crippen LogP contribution in [0.5, 0.6) is 0 Å². The fourth-order valence-electron chi connectivity index (χ4n) is 3.46. The maximum absolute atomic E-state index is 13.3. The summed E-state index contributed by atoms with van der Waals surface area (Å²) in [5, 5.41) is 3.71. The molecule has 0 spiro atoms. The zero-order chi connectivity index (χ0) is 21.2. The Balaban J connectivity index is 1.62. The number of rotatable bonds is 5. The highest BCUT2D eigenvalue weighted by Gasteiger charge is 2.32. The topological polar surface area (TPSA) is 83.7 Å². The van der Waals surface area contributed by atoms with Crippen LogP contribution in [-0.4, -0.2) is 54.9 Å². The van der Waals surface area contributed by atoms with Gasteiger partial charge >= 0.3 is 0 Å². The summed E-state index contributed by atoms with van der Waals surface area (Å²) in [5.74, 6) is -1.77. The van der Waals surface area contributed by atoms with Gasteiger partial charge in [-0.2, -0.15) is 4.31 Å². The average molecular weight is 427 g/mol. The molecule has 2 heterocycles. The molecule has 0 aliphatic carbocycles. The minimum Gasteiger partial charge on any atom is -0.360 e. The van der Waals surface area contributed by atoms with Crippen LogP contribution in [0, 0.1) is 25.5 Å². The average Bonchev–Trinajstić information content (AvgIpc) is 2.87. The Labute approximate surface area is 168 Å². The quantitative estimate of drug-likeness (QED) is 0.732. The van der Waals surface area contributed by atoms with E-state index in [-0.39, 0.29) is 42.5 Å². The van der Waals surface area contributed by atoms with Crippen LogP contribution < -0.4 is 0 Å². The first-order valence-corrected chi connectivity index (χ1v) is 10.8. The van der Waals surface area contributed by atoms with Crippen LogP contribution in [0.4, 0.5) is 8.78 Å². The van der Waals surface area contributed by atoms with Gasteiger partial charge in [-0.05, 0) is 44.4 Å². The van der Waals surface area contributed by atoms with Gasteiger partial charge in [-0.1, -0.05) is 11.2 Å². The molecule has 29 heavy (non-hydrogen) atoms. The summed E-state index contributed by atoms with van der Waals surface area (Å²) in [7, 11) is -3.75. The van der Waals surface area contributed by atoms with Crippen LogP contribution in [0.2, 0.25) is 0 Å². The van der Waals surface area contributed by atoms with Crippen molar-refractivity contribution < 1.29 is 26.5 Å². The second-order valence-corrected chi connectivity index (χ2v) is 8.91. The molecule has 1 aliphatic rings. The summed E-state index contributed by atoms with van der Waals surface area (Å²) in [5.41, 5.74) is 0.848. The third kappa shape index (κ3) is 4.64. The van der Waals surface area contributed by atoms with Gasteiger partial charge in [-0.3, -0.25) is 4.79 Å². The van der Waals surface area contributed by atoms with Gasteiger partial charge in [-0.25, -0.2) is 17.2 Å². The molecule has 1 amide bonds. The molecule has 10 heteroatoms. The van der Waals surface area contributed by atoms with Crippen LogP contribution in [0.25, 0.3) is 0 Å². The van der Waals surface area contributed by atoms with E-state index in [0.717, 1.165) is 12.1 Å². The lowest BCUT2D eigenvalue weighted by molar-refractivity contribution is -0.131. The van der Waals surface area contributed by atoms with E-state index >= 15 is 0 Å². The standard InChI is InChI=1S/C19H23F2N3O4S/c1-13-19(14(2)28-22-13)29(26,27)24-9-3-8-23(10-11-24)18(25)7-5-15-4-6-16(20)17(21)12-15/h4,6,12H,3,5,7-11H2,1-2H3. The minimum atomic E-state index is -3.75. The number of carbonyl (C=O) groups is 1. The van der Waals surface area contributed by atoms with Crippen LogP contribution in [0.3, 0.4) is 0 Å². The molecule has 7 nitrogen and oxygen atoms in total. The normalized spacial score (nSPS) is 16.1. The summed E-state index contributed by atoms with van der Waals surface area (Å²) >= 11 is 0. The van der Waals surface area contributed by atoms with Gasteiger partial charge in [0, 0.05) is 32.6 Å². The van der Waals surface area contributed by atoms with E-state index in [9.17, 15) is 22.0 Å². The van der Waals surface area contributed by atoms with Crippen LogP contribution in [0.15, 0.2) is 27.6 Å². The molecule has 1 saturated heterocycles. The lowest BCUT2D eigenvalue weighted by Gasteiger charge is -2.22. The first-order valence-electron chi connectivity index (χ1n) is 9.35. The van der Waals surface area contributed by atoms with Crippen molar-refractivity contribution in [1.29, 1.82) is 0 Å². The van der Waals surface area contributed by atoms with E-state index in [1.165, 1.54) is 10.4 Å². The largest absolute Gasteiger partial charge is 0.360 e. The Kier molecular flexibility index (Phi) is 6.33. The first-order chi connectivity index (χ1) is 13.7. The highest BCUT2D eigenvalue weighted by molar-refractivity contribution is 7.89. The second kappa shape index (κ2) is 8.58. The Hall–Kier alpha value is -2.33. The van der Waals surface area contributed by atoms with Crippen molar-refractivity contribution in [3.05, 3.63) is 46.9 Å². The van der Waals surface area contributed by atoms with Crippen LogP contribution >= 0.6 is 0 Å². The molecule has 1 aliphatic heterocycles. The highest BCUT2D eigenvalue weighted by atomic mass is 32.2. The summed E-state index contributed by atoms with van der Waals surface area (Å²) < 4.78 is 58.5. The minimum absolute atomic E-state index is 0.0793. The number of aryl methyl sites for hydroxylation is 3. The molecule has 2 aromatic rings. The Morgan fingerprint density at radius 2 is 1.90 bits per heavy atom. The van der Waals surface area contributed by atoms with Gasteiger partial charge in [0.15, 0.2) is 17.4 Å². The van der Waals surface area contributed by atoms with Crippen molar-refractivity contribution in [2.75, 3.05) is 26.2 Å². The summed E-state index contributed by atoms with van der Waals surface area (Å²) in [6, 6.07) is 3.58. The van der Waals surface area contributed by atoms with Gasteiger partial charge in [0.05, 0.1) is 0 Å². The molecule has 1 fully saturated rings. The molecular weight excluding hydrogens is 404 g/mol. The van der Waals surface area contributed by atoms with Gasteiger partial charge in [0.2, 0.25) is 15.9 Å². The van der Waals surface area contributed by atoms with Gasteiger partial charge in [0.1, 0.15) is 10.6 Å². The SMILES string of the molecule is Cc1noc(C)c1S(=O)(=O)N1CCCN(C(=O)CCc2ccc(F)c(F)c2)CC1. The van der Waals surface area contributed by atoms with E-state index < -0.39 is 21.7 Å². The zero-order valence-electron chi connectivity index (χ0n) is 16.3. The molecule has 0 unspecified atom stereocenters. The maximum Gasteiger partial charge on any atom is 0.248 e. The van der Waals surface area contributed by atoms with Crippen molar-refractivity contribution >= 4 is 15.9 Å². The smallest absolute Gasteiger partial charge is 0.248 e. The summed E-state index contributed by atoms with van der Waals surface area (Å²) in [6.07, 6.45) is 0.925. The summed E-state index contributed by atoms with van der Waals surface area (Å²) in [6.45, 7) is 4.29. The monoisotopic (exact) mass is 427 g/mol. The van der Waals surface area contributed by atoms with E-state index in [2.05, 4.69) is 5.16 Å². The lowest BCUT2D eigenvalue weighted by atomic mass is 10.1. The third-order valence-electron chi connectivity index (χ3n) is 4.98. The van der Waals surface area contributed by atoms with Crippen molar-refractivity contribution in [2.45, 2.75) is 38.0 Å². The Morgan fingerprint density at radius 3 is 2.55 bits per heavy atom. The number of carbonyl (C=O) groups excluding carboxylic acids is 1. The Morgan fingerprint density at radius 1 is 1.14 bits per heavy atom. The van der Waals surface area contributed by atoms with Gasteiger partial charge in [0.25, 0.3) is 0 Å². The molecular formula is C19H23F2N3O4S. The van der Waals surface area contributed by atoms with E-state index in [1.807, 2.05) is 0 Å². The van der Waals surface area contributed by atoms with E-state index in [1.54, 1.807) is 18.7 Å². The number of amides is 1. The number of benzene rings is 1. The van der Waals surface area contributed by atoms with Crippen LogP contribution in [0.1, 0.15) is 29.9 Å². The third-order valence-corrected chi connectivity index (χ3v) is 7.13. The molecule has 0 radical (unpaired) electrons. The molecule has 1 aromatic carbocycles. The molecule has 0 atom stereocenters. The number of nitrogens with zero attached hydrogens (tertiary/aromatic N) is 3. The predicted octanol–water partition coefficient (Wildman–Crippen LogP) is 2.43. The molecule has 158 valence electrons. The van der Waals surface area contributed by atoms with Crippen molar-refractivity contribution in [3.63, 3.8) is 0 Å². The summed E-state index contributed by atoms with van der Waals surface area (Å²) in [4.78, 5) is 14.2. The molecule has 3 rings (SSSR count). The first kappa shape index (κ1) is 21.4. The molecule has 0 bridgehead atoms. The Bertz CT molecular complexity index is 987. The van der Waals surface area contributed by atoms with Gasteiger partial charge in [-0.15, -0.1) is 0 Å². The van der Waals surface area contributed by atoms with Crippen molar-refractivity contribution in [1.82, 2.24) is 14.4 Å². The van der Waals surface area contributed by atoms with Crippen molar-refractivity contribution in [3.8, 4) is 0 Å². The zero-order valence-corrected chi connectivity index (χ0v) is 17.1. The fraction of sp³-hybridized carbons (Fsp3) is 0.474. The second-order valence-electron chi connectivity index (χ2n) is 7.04. The van der Waals surface area contributed by atoms with E-state index in [4.69, 9.17) is 4.52 Å². The number of sulfonamides is 1. The predicted molar refractivity (Wildman–Crippen MR) is 101 cm³/mol. The van der Waals surface area contributed by atoms with Crippen LogP contribution in [-0.2, 0) is 21.2 Å². The molecule has 0 N–H and O–H groups in total. The van der Waals surface area contributed by atoms with Crippen molar-refractivity contribution in [2.24, 2.45) is 0 Å². The maximum atomic E-state index is 13.3. The molecule has 1 aromatic heterocycles. The number of halogens is 2. The number of aromatic nitrogens is 1. The fourth-order valence-corrected chi connectivity index (χ4v) is 5.22. The number of hydrogen-bond acceptors (Lipinski definition) is 5. The van der Waals surface area contributed by atoms with Gasteiger partial charge < -0.3 is 9.42 Å². The van der Waals surface area contributed by atoms with E-state index in [0.29, 0.717) is 30.8 Å².